The highest BCUT2D eigenvalue weighted by Gasteiger charge is 2.27. The van der Waals surface area contributed by atoms with Crippen LogP contribution in [-0.4, -0.2) is 67.6 Å². The highest BCUT2D eigenvalue weighted by molar-refractivity contribution is 7.89. The van der Waals surface area contributed by atoms with Crippen molar-refractivity contribution in [2.24, 2.45) is 0 Å². The molecule has 2 aromatic heterocycles. The average Bonchev–Trinajstić information content (AvgIpc) is 3.26. The van der Waals surface area contributed by atoms with E-state index in [0.29, 0.717) is 66.7 Å². The SMILES string of the molecule is CCCNc1nc(Nc2ccc(S(=O)(=O)N3CCOCC3)cc2OC)nc2[nH]cc(C#N)c12. The second-order valence-electron chi connectivity index (χ2n) is 7.36. The molecule has 0 amide bonds. The molecule has 0 aliphatic carbocycles. The summed E-state index contributed by atoms with van der Waals surface area (Å²) in [6, 6.07) is 6.76. The molecule has 0 unspecified atom stereocenters. The molecule has 3 heterocycles. The number of benzene rings is 1. The molecule has 174 valence electrons. The van der Waals surface area contributed by atoms with E-state index in [1.54, 1.807) is 12.3 Å². The maximum atomic E-state index is 13.0. The number of aromatic amines is 1. The Morgan fingerprint density at radius 3 is 2.79 bits per heavy atom. The topological polar surface area (TPSA) is 145 Å². The van der Waals surface area contributed by atoms with Crippen molar-refractivity contribution in [2.45, 2.75) is 18.2 Å². The number of nitrogens with zero attached hydrogens (tertiary/aromatic N) is 4. The molecular weight excluding hydrogens is 446 g/mol. The average molecular weight is 472 g/mol. The van der Waals surface area contributed by atoms with Crippen LogP contribution in [0.25, 0.3) is 11.0 Å². The summed E-state index contributed by atoms with van der Waals surface area (Å²) in [6.07, 6.45) is 2.47. The van der Waals surface area contributed by atoms with Crippen LogP contribution in [0.3, 0.4) is 0 Å². The predicted molar refractivity (Wildman–Crippen MR) is 123 cm³/mol. The van der Waals surface area contributed by atoms with E-state index in [9.17, 15) is 13.7 Å². The van der Waals surface area contributed by atoms with Crippen molar-refractivity contribution in [1.82, 2.24) is 19.3 Å². The fourth-order valence-corrected chi connectivity index (χ4v) is 4.96. The first-order valence-corrected chi connectivity index (χ1v) is 12.0. The van der Waals surface area contributed by atoms with Gasteiger partial charge in [-0.2, -0.15) is 19.5 Å². The van der Waals surface area contributed by atoms with Gasteiger partial charge >= 0.3 is 0 Å². The number of sulfonamides is 1. The molecule has 0 bridgehead atoms. The van der Waals surface area contributed by atoms with Crippen LogP contribution in [0.5, 0.6) is 5.75 Å². The monoisotopic (exact) mass is 471 g/mol. The lowest BCUT2D eigenvalue weighted by atomic mass is 10.2. The van der Waals surface area contributed by atoms with Gasteiger partial charge in [0.25, 0.3) is 0 Å². The van der Waals surface area contributed by atoms with Crippen LogP contribution in [0.4, 0.5) is 17.5 Å². The Labute approximate surface area is 191 Å². The first-order chi connectivity index (χ1) is 16.0. The van der Waals surface area contributed by atoms with E-state index < -0.39 is 10.0 Å². The smallest absolute Gasteiger partial charge is 0.243 e. The van der Waals surface area contributed by atoms with Gasteiger partial charge in [0.1, 0.15) is 23.3 Å². The molecule has 1 fully saturated rings. The summed E-state index contributed by atoms with van der Waals surface area (Å²) in [6.45, 7) is 4.08. The number of rotatable bonds is 8. The highest BCUT2D eigenvalue weighted by Crippen LogP contribution is 2.32. The molecule has 11 nitrogen and oxygen atoms in total. The Morgan fingerprint density at radius 1 is 1.30 bits per heavy atom. The van der Waals surface area contributed by atoms with Crippen molar-refractivity contribution < 1.29 is 17.9 Å². The van der Waals surface area contributed by atoms with Gasteiger partial charge < -0.3 is 25.1 Å². The van der Waals surface area contributed by atoms with Crippen LogP contribution in [0.15, 0.2) is 29.3 Å². The Morgan fingerprint density at radius 2 is 2.09 bits per heavy atom. The standard InChI is InChI=1S/C21H25N7O4S/c1-3-6-23-19-18-14(12-22)13-24-20(18)27-21(26-19)25-16-5-4-15(11-17(16)31-2)33(29,30)28-7-9-32-10-8-28/h4-5,11,13H,3,6-10H2,1-2H3,(H3,23,24,25,26,27). The third kappa shape index (κ3) is 4.56. The van der Waals surface area contributed by atoms with E-state index in [2.05, 4.69) is 31.7 Å². The number of fused-ring (bicyclic) bond motifs is 1. The number of ether oxygens (including phenoxy) is 2. The van der Waals surface area contributed by atoms with E-state index in [4.69, 9.17) is 9.47 Å². The predicted octanol–water partition coefficient (Wildman–Crippen LogP) is 2.42. The van der Waals surface area contributed by atoms with Crippen molar-refractivity contribution in [3.05, 3.63) is 30.0 Å². The number of hydrogen-bond donors (Lipinski definition) is 3. The third-order valence-corrected chi connectivity index (χ3v) is 7.12. The van der Waals surface area contributed by atoms with Crippen molar-refractivity contribution in [2.75, 3.05) is 50.6 Å². The summed E-state index contributed by atoms with van der Waals surface area (Å²) >= 11 is 0. The minimum Gasteiger partial charge on any atom is -0.495 e. The number of H-pyrrole nitrogens is 1. The molecule has 3 N–H and O–H groups in total. The van der Waals surface area contributed by atoms with Gasteiger partial charge in [0.2, 0.25) is 16.0 Å². The second-order valence-corrected chi connectivity index (χ2v) is 9.30. The summed E-state index contributed by atoms with van der Waals surface area (Å²) in [5, 5.41) is 16.3. The number of aromatic nitrogens is 3. The normalized spacial score (nSPS) is 14.7. The maximum absolute atomic E-state index is 13.0. The molecule has 4 rings (SSSR count). The van der Waals surface area contributed by atoms with E-state index in [0.717, 1.165) is 6.42 Å². The molecule has 1 aromatic carbocycles. The molecule has 1 aliphatic rings. The van der Waals surface area contributed by atoms with Gasteiger partial charge in [-0.25, -0.2) is 8.42 Å². The molecule has 0 saturated carbocycles. The van der Waals surface area contributed by atoms with E-state index >= 15 is 0 Å². The third-order valence-electron chi connectivity index (χ3n) is 5.22. The number of nitrogens with one attached hydrogen (secondary N) is 3. The summed E-state index contributed by atoms with van der Waals surface area (Å²) in [5.74, 6) is 1.14. The lowest BCUT2D eigenvalue weighted by molar-refractivity contribution is 0.0730. The Bertz CT molecular complexity index is 1290. The Hall–Kier alpha value is -3.40. The van der Waals surface area contributed by atoms with Crippen molar-refractivity contribution in [3.8, 4) is 11.8 Å². The zero-order valence-electron chi connectivity index (χ0n) is 18.4. The summed E-state index contributed by atoms with van der Waals surface area (Å²) in [7, 11) is -2.20. The minimum absolute atomic E-state index is 0.136. The van der Waals surface area contributed by atoms with E-state index in [1.807, 2.05) is 6.92 Å². The van der Waals surface area contributed by atoms with Gasteiger partial charge in [-0.15, -0.1) is 0 Å². The molecular formula is C21H25N7O4S. The molecule has 1 saturated heterocycles. The van der Waals surface area contributed by atoms with Gasteiger partial charge in [0, 0.05) is 31.9 Å². The van der Waals surface area contributed by atoms with Gasteiger partial charge in [-0.05, 0) is 18.6 Å². The molecule has 0 spiro atoms. The fourth-order valence-electron chi connectivity index (χ4n) is 3.54. The molecule has 12 heteroatoms. The first kappa shape index (κ1) is 22.8. The Balaban J connectivity index is 1.67. The lowest BCUT2D eigenvalue weighted by Gasteiger charge is -2.26. The molecule has 0 radical (unpaired) electrons. The van der Waals surface area contributed by atoms with Crippen molar-refractivity contribution in [3.63, 3.8) is 0 Å². The van der Waals surface area contributed by atoms with E-state index in [1.165, 1.54) is 23.5 Å². The number of morpholine rings is 1. The highest BCUT2D eigenvalue weighted by atomic mass is 32.2. The van der Waals surface area contributed by atoms with Gasteiger partial charge in [-0.3, -0.25) is 0 Å². The zero-order valence-corrected chi connectivity index (χ0v) is 19.2. The molecule has 33 heavy (non-hydrogen) atoms. The Kier molecular flexibility index (Phi) is 6.64. The molecule has 3 aromatic rings. The number of hydrogen-bond acceptors (Lipinski definition) is 9. The van der Waals surface area contributed by atoms with Gasteiger partial charge in [0.15, 0.2) is 0 Å². The summed E-state index contributed by atoms with van der Waals surface area (Å²) in [5.41, 5.74) is 1.46. The summed E-state index contributed by atoms with van der Waals surface area (Å²) < 4.78 is 38.1. The molecule has 0 atom stereocenters. The van der Waals surface area contributed by atoms with Crippen LogP contribution in [0.2, 0.25) is 0 Å². The van der Waals surface area contributed by atoms with Crippen LogP contribution in [0.1, 0.15) is 18.9 Å². The molecule has 1 aliphatic heterocycles. The lowest BCUT2D eigenvalue weighted by Crippen LogP contribution is -2.40. The van der Waals surface area contributed by atoms with Gasteiger partial charge in [-0.1, -0.05) is 6.92 Å². The quantitative estimate of drug-likeness (QED) is 0.451. The van der Waals surface area contributed by atoms with Crippen LogP contribution < -0.4 is 15.4 Å². The first-order valence-electron chi connectivity index (χ1n) is 10.5. The maximum Gasteiger partial charge on any atom is 0.243 e. The van der Waals surface area contributed by atoms with E-state index in [-0.39, 0.29) is 10.8 Å². The van der Waals surface area contributed by atoms with Crippen LogP contribution in [0, 0.1) is 11.3 Å². The summed E-state index contributed by atoms with van der Waals surface area (Å²) in [4.78, 5) is 12.1. The van der Waals surface area contributed by atoms with Gasteiger partial charge in [0.05, 0.1) is 41.9 Å². The van der Waals surface area contributed by atoms with Crippen molar-refractivity contribution in [1.29, 1.82) is 5.26 Å². The van der Waals surface area contributed by atoms with Crippen molar-refractivity contribution >= 4 is 38.5 Å². The van der Waals surface area contributed by atoms with Crippen LogP contribution in [-0.2, 0) is 14.8 Å². The fraction of sp³-hybridized carbons (Fsp3) is 0.381. The number of methoxy groups -OCH3 is 1. The number of anilines is 3. The number of nitriles is 1. The van der Waals surface area contributed by atoms with Crippen LogP contribution >= 0.6 is 0 Å². The zero-order chi connectivity index (χ0) is 23.4. The second kappa shape index (κ2) is 9.62. The largest absolute Gasteiger partial charge is 0.495 e. The minimum atomic E-state index is -3.66.